The number of benzene rings is 1. The number of nitrogens with one attached hydrogen (secondary N) is 1. The van der Waals surface area contributed by atoms with Crippen molar-refractivity contribution in [3.05, 3.63) is 35.4 Å². The molecular formula is C16H22F3NO2. The van der Waals surface area contributed by atoms with Crippen LogP contribution in [-0.2, 0) is 17.4 Å². The summed E-state index contributed by atoms with van der Waals surface area (Å²) >= 11 is 0. The van der Waals surface area contributed by atoms with E-state index < -0.39 is 17.3 Å². The molecule has 0 spiro atoms. The van der Waals surface area contributed by atoms with Crippen LogP contribution < -0.4 is 5.32 Å². The summed E-state index contributed by atoms with van der Waals surface area (Å²) in [7, 11) is 0. The van der Waals surface area contributed by atoms with Crippen molar-refractivity contribution in [1.29, 1.82) is 0 Å². The lowest BCUT2D eigenvalue weighted by Crippen LogP contribution is -2.45. The fourth-order valence-corrected chi connectivity index (χ4v) is 1.95. The molecular weight excluding hydrogens is 295 g/mol. The highest BCUT2D eigenvalue weighted by Gasteiger charge is 2.30. The number of carbonyl (C=O) groups excluding carboxylic acids is 1. The van der Waals surface area contributed by atoms with Gasteiger partial charge in [0.2, 0.25) is 5.91 Å². The van der Waals surface area contributed by atoms with Gasteiger partial charge in [-0.05, 0) is 30.5 Å². The molecule has 2 unspecified atom stereocenters. The molecule has 1 aromatic carbocycles. The first-order chi connectivity index (χ1) is 10.1. The largest absolute Gasteiger partial charge is 0.416 e. The molecule has 1 aromatic rings. The van der Waals surface area contributed by atoms with E-state index in [1.165, 1.54) is 12.1 Å². The van der Waals surface area contributed by atoms with E-state index in [0.29, 0.717) is 5.56 Å². The van der Waals surface area contributed by atoms with Crippen molar-refractivity contribution in [3.8, 4) is 0 Å². The average Bonchev–Trinajstić information content (AvgIpc) is 2.44. The summed E-state index contributed by atoms with van der Waals surface area (Å²) in [4.78, 5) is 11.8. The predicted molar refractivity (Wildman–Crippen MR) is 78.2 cm³/mol. The molecule has 2 N–H and O–H groups in total. The maximum Gasteiger partial charge on any atom is 0.416 e. The summed E-state index contributed by atoms with van der Waals surface area (Å²) in [5, 5.41) is 12.8. The Bertz CT molecular complexity index is 495. The van der Waals surface area contributed by atoms with Gasteiger partial charge in [0.25, 0.3) is 0 Å². The van der Waals surface area contributed by atoms with Gasteiger partial charge in [0.05, 0.1) is 17.6 Å². The van der Waals surface area contributed by atoms with Crippen LogP contribution in [0.4, 0.5) is 13.2 Å². The van der Waals surface area contributed by atoms with E-state index in [1.54, 1.807) is 6.92 Å². The van der Waals surface area contributed by atoms with E-state index in [-0.39, 0.29) is 24.8 Å². The number of halogens is 3. The monoisotopic (exact) mass is 317 g/mol. The van der Waals surface area contributed by atoms with Crippen molar-refractivity contribution in [2.45, 2.75) is 45.4 Å². The van der Waals surface area contributed by atoms with E-state index in [4.69, 9.17) is 0 Å². The first-order valence-electron chi connectivity index (χ1n) is 7.21. The van der Waals surface area contributed by atoms with Gasteiger partial charge in [-0.15, -0.1) is 0 Å². The minimum absolute atomic E-state index is 0.0191. The summed E-state index contributed by atoms with van der Waals surface area (Å²) in [6.07, 6.45) is -3.62. The number of hydrogen-bond donors (Lipinski definition) is 2. The normalized spacial score (nSPS) is 16.0. The molecule has 124 valence electrons. The fraction of sp³-hybridized carbons (Fsp3) is 0.562. The standard InChI is InChI=1S/C16H22F3NO2/c1-4-11(2)15(3,22)10-20-14(21)9-12-5-7-13(8-6-12)16(17,18)19/h5-8,11,22H,4,9-10H2,1-3H3,(H,20,21). The van der Waals surface area contributed by atoms with Gasteiger partial charge in [-0.2, -0.15) is 13.2 Å². The van der Waals surface area contributed by atoms with Crippen molar-refractivity contribution in [3.63, 3.8) is 0 Å². The van der Waals surface area contributed by atoms with Crippen LogP contribution >= 0.6 is 0 Å². The lowest BCUT2D eigenvalue weighted by atomic mass is 9.88. The lowest BCUT2D eigenvalue weighted by molar-refractivity contribution is -0.137. The van der Waals surface area contributed by atoms with Gasteiger partial charge in [0.1, 0.15) is 0 Å². The quantitative estimate of drug-likeness (QED) is 0.847. The highest BCUT2D eigenvalue weighted by atomic mass is 19.4. The molecule has 0 saturated heterocycles. The number of rotatable bonds is 6. The molecule has 0 aliphatic carbocycles. The second-order valence-corrected chi connectivity index (χ2v) is 5.81. The van der Waals surface area contributed by atoms with Gasteiger partial charge < -0.3 is 10.4 Å². The zero-order valence-electron chi connectivity index (χ0n) is 13.0. The third-order valence-electron chi connectivity index (χ3n) is 3.96. The highest BCUT2D eigenvalue weighted by Crippen LogP contribution is 2.29. The second kappa shape index (κ2) is 7.13. The first kappa shape index (κ1) is 18.5. The molecule has 0 heterocycles. The van der Waals surface area contributed by atoms with Crippen molar-refractivity contribution in [1.82, 2.24) is 5.32 Å². The van der Waals surface area contributed by atoms with Crippen LogP contribution in [0.1, 0.15) is 38.3 Å². The Morgan fingerprint density at radius 1 is 1.27 bits per heavy atom. The Labute approximate surface area is 128 Å². The third kappa shape index (κ3) is 5.33. The van der Waals surface area contributed by atoms with Crippen LogP contribution in [0.2, 0.25) is 0 Å². The third-order valence-corrected chi connectivity index (χ3v) is 3.96. The van der Waals surface area contributed by atoms with Gasteiger partial charge in [0, 0.05) is 6.54 Å². The van der Waals surface area contributed by atoms with Gasteiger partial charge >= 0.3 is 6.18 Å². The summed E-state index contributed by atoms with van der Waals surface area (Å²) in [5.41, 5.74) is -1.25. The number of hydrogen-bond acceptors (Lipinski definition) is 2. The molecule has 22 heavy (non-hydrogen) atoms. The molecule has 0 saturated carbocycles. The molecule has 3 nitrogen and oxygen atoms in total. The predicted octanol–water partition coefficient (Wildman–Crippen LogP) is 3.16. The van der Waals surface area contributed by atoms with E-state index in [1.807, 2.05) is 13.8 Å². The minimum atomic E-state index is -4.38. The summed E-state index contributed by atoms with van der Waals surface area (Å²) < 4.78 is 37.3. The van der Waals surface area contributed by atoms with Crippen LogP contribution in [0.5, 0.6) is 0 Å². The Kier molecular flexibility index (Phi) is 6.00. The molecule has 0 bridgehead atoms. The fourth-order valence-electron chi connectivity index (χ4n) is 1.95. The van der Waals surface area contributed by atoms with E-state index in [0.717, 1.165) is 18.6 Å². The van der Waals surface area contributed by atoms with Crippen LogP contribution in [0.3, 0.4) is 0 Å². The van der Waals surface area contributed by atoms with Crippen molar-refractivity contribution >= 4 is 5.91 Å². The Hall–Kier alpha value is -1.56. The maximum absolute atomic E-state index is 12.4. The maximum atomic E-state index is 12.4. The molecule has 1 rings (SSSR count). The molecule has 6 heteroatoms. The molecule has 1 amide bonds. The summed E-state index contributed by atoms with van der Waals surface area (Å²) in [5.74, 6) is -0.304. The Morgan fingerprint density at radius 3 is 2.27 bits per heavy atom. The molecule has 0 aliphatic heterocycles. The zero-order valence-corrected chi connectivity index (χ0v) is 13.0. The summed E-state index contributed by atoms with van der Waals surface area (Å²) in [6, 6.07) is 4.49. The summed E-state index contributed by atoms with van der Waals surface area (Å²) in [6.45, 7) is 5.60. The molecule has 0 fully saturated rings. The highest BCUT2D eigenvalue weighted by molar-refractivity contribution is 5.78. The smallest absolute Gasteiger partial charge is 0.388 e. The zero-order chi connectivity index (χ0) is 17.0. The van der Waals surface area contributed by atoms with Crippen LogP contribution in [0.25, 0.3) is 0 Å². The van der Waals surface area contributed by atoms with Gasteiger partial charge in [-0.3, -0.25) is 4.79 Å². The minimum Gasteiger partial charge on any atom is -0.388 e. The number of amides is 1. The lowest BCUT2D eigenvalue weighted by Gasteiger charge is -2.29. The van der Waals surface area contributed by atoms with Crippen LogP contribution in [0, 0.1) is 5.92 Å². The molecule has 0 aliphatic rings. The molecule has 2 atom stereocenters. The van der Waals surface area contributed by atoms with Gasteiger partial charge in [-0.25, -0.2) is 0 Å². The van der Waals surface area contributed by atoms with E-state index >= 15 is 0 Å². The number of aliphatic hydroxyl groups is 1. The first-order valence-corrected chi connectivity index (χ1v) is 7.21. The second-order valence-electron chi connectivity index (χ2n) is 5.81. The van der Waals surface area contributed by atoms with Crippen molar-refractivity contribution < 1.29 is 23.1 Å². The van der Waals surface area contributed by atoms with Gasteiger partial charge in [0.15, 0.2) is 0 Å². The Balaban J connectivity index is 2.56. The number of alkyl halides is 3. The van der Waals surface area contributed by atoms with Crippen LogP contribution in [-0.4, -0.2) is 23.2 Å². The van der Waals surface area contributed by atoms with Crippen molar-refractivity contribution in [2.24, 2.45) is 5.92 Å². The SMILES string of the molecule is CCC(C)C(C)(O)CNC(=O)Cc1ccc(C(F)(F)F)cc1. The van der Waals surface area contributed by atoms with E-state index in [2.05, 4.69) is 5.32 Å². The average molecular weight is 317 g/mol. The van der Waals surface area contributed by atoms with Gasteiger partial charge in [-0.1, -0.05) is 32.4 Å². The molecule has 0 aromatic heterocycles. The Morgan fingerprint density at radius 2 is 1.82 bits per heavy atom. The van der Waals surface area contributed by atoms with Crippen LogP contribution in [0.15, 0.2) is 24.3 Å². The van der Waals surface area contributed by atoms with E-state index in [9.17, 15) is 23.1 Å². The van der Waals surface area contributed by atoms with Crippen molar-refractivity contribution in [2.75, 3.05) is 6.54 Å². The number of carbonyl (C=O) groups is 1. The molecule has 0 radical (unpaired) electrons. The topological polar surface area (TPSA) is 49.3 Å².